The van der Waals surface area contributed by atoms with Crippen molar-refractivity contribution in [1.29, 1.82) is 0 Å². The molecule has 0 radical (unpaired) electrons. The number of aliphatic carboxylic acids is 1. The summed E-state index contributed by atoms with van der Waals surface area (Å²) in [4.78, 5) is 36.5. The van der Waals surface area contributed by atoms with Gasteiger partial charge in [0, 0.05) is 31.5 Å². The maximum atomic E-state index is 12.0. The number of ether oxygens (including phenoxy) is 2. The lowest BCUT2D eigenvalue weighted by Gasteiger charge is -2.44. The third kappa shape index (κ3) is 19.1. The van der Waals surface area contributed by atoms with Gasteiger partial charge in [-0.3, -0.25) is 14.4 Å². The van der Waals surface area contributed by atoms with E-state index in [0.29, 0.717) is 12.5 Å². The molecule has 2 heterocycles. The number of carboxylic acids is 1. The van der Waals surface area contributed by atoms with E-state index >= 15 is 0 Å². The molecule has 0 aromatic carbocycles. The number of nitrogens with zero attached hydrogens (tertiary/aromatic N) is 1. The number of carbonyl (C=O) groups excluding carboxylic acids is 2. The highest BCUT2D eigenvalue weighted by Crippen LogP contribution is 2.34. The number of nitrogens with one attached hydrogen (secondary N) is 1. The standard InChI is InChI=1S/C23H43NO.C12H21NO5/c1-2-3-4-5-6-7-8-9-10-11-12-13-14-15-17-20-23(25)24-21-18-16-19-22-24;1-11(2)7-17-12(3,4)18-9(11)10(16)13-6-5-8(14)15/h9-10H,2-8,11-22H2,1H3;9H,5-7H2,1-4H3,(H,13,16)(H,14,15). The molecule has 0 aliphatic carbocycles. The number of unbranched alkanes of at least 4 members (excludes halogenated alkanes) is 11. The fourth-order valence-electron chi connectivity index (χ4n) is 5.35. The second-order valence-electron chi connectivity index (χ2n) is 13.4. The molecular formula is C35H64N2O6. The molecule has 8 heteroatoms. The molecule has 2 saturated heterocycles. The van der Waals surface area contributed by atoms with Gasteiger partial charge in [-0.25, -0.2) is 0 Å². The highest BCUT2D eigenvalue weighted by Gasteiger charge is 2.45. The normalized spacial score (nSPS) is 19.5. The van der Waals surface area contributed by atoms with Crippen LogP contribution in [0.1, 0.15) is 150 Å². The van der Waals surface area contributed by atoms with Crippen LogP contribution in [0, 0.1) is 5.41 Å². The second-order valence-corrected chi connectivity index (χ2v) is 13.4. The van der Waals surface area contributed by atoms with Crippen molar-refractivity contribution >= 4 is 17.8 Å². The summed E-state index contributed by atoms with van der Waals surface area (Å²) in [5, 5.41) is 11.1. The van der Waals surface area contributed by atoms with Crippen LogP contribution in [-0.2, 0) is 23.9 Å². The molecule has 0 spiro atoms. The molecule has 2 N–H and O–H groups in total. The number of allylic oxidation sites excluding steroid dienone is 2. The zero-order chi connectivity index (χ0) is 32.0. The van der Waals surface area contributed by atoms with Crippen molar-refractivity contribution in [1.82, 2.24) is 10.2 Å². The van der Waals surface area contributed by atoms with E-state index in [1.54, 1.807) is 13.8 Å². The van der Waals surface area contributed by atoms with Gasteiger partial charge in [0.25, 0.3) is 0 Å². The number of amides is 2. The number of carbonyl (C=O) groups is 3. The van der Waals surface area contributed by atoms with E-state index in [9.17, 15) is 14.4 Å². The fraction of sp³-hybridized carbons (Fsp3) is 0.857. The number of hydrogen-bond acceptors (Lipinski definition) is 5. The molecule has 1 unspecified atom stereocenters. The van der Waals surface area contributed by atoms with Gasteiger partial charge in [0.1, 0.15) is 6.10 Å². The lowest BCUT2D eigenvalue weighted by atomic mass is 9.85. The van der Waals surface area contributed by atoms with Crippen LogP contribution in [-0.4, -0.2) is 65.9 Å². The molecule has 0 aromatic rings. The smallest absolute Gasteiger partial charge is 0.305 e. The molecule has 0 saturated carbocycles. The second kappa shape index (κ2) is 22.6. The summed E-state index contributed by atoms with van der Waals surface area (Å²) < 4.78 is 11.1. The van der Waals surface area contributed by atoms with Gasteiger partial charge < -0.3 is 24.8 Å². The van der Waals surface area contributed by atoms with E-state index in [0.717, 1.165) is 25.9 Å². The lowest BCUT2D eigenvalue weighted by Crippen LogP contribution is -2.56. The van der Waals surface area contributed by atoms with Crippen molar-refractivity contribution in [3.63, 3.8) is 0 Å². The number of likely N-dealkylation sites (tertiary alicyclic amines) is 1. The third-order valence-corrected chi connectivity index (χ3v) is 8.14. The molecule has 0 bridgehead atoms. The summed E-state index contributed by atoms with van der Waals surface area (Å²) in [6.07, 6.45) is 25.6. The zero-order valence-electron chi connectivity index (χ0n) is 28.2. The minimum Gasteiger partial charge on any atom is -0.481 e. The summed E-state index contributed by atoms with van der Waals surface area (Å²) in [7, 11) is 0. The maximum absolute atomic E-state index is 12.0. The van der Waals surface area contributed by atoms with E-state index < -0.39 is 23.3 Å². The Morgan fingerprint density at radius 3 is 1.95 bits per heavy atom. The molecule has 2 fully saturated rings. The first-order chi connectivity index (χ1) is 20.5. The summed E-state index contributed by atoms with van der Waals surface area (Å²) in [6.45, 7) is 12.1. The van der Waals surface area contributed by atoms with E-state index in [-0.39, 0.29) is 18.9 Å². The van der Waals surface area contributed by atoms with Gasteiger partial charge in [-0.15, -0.1) is 0 Å². The summed E-state index contributed by atoms with van der Waals surface area (Å²) >= 11 is 0. The molecule has 250 valence electrons. The van der Waals surface area contributed by atoms with Gasteiger partial charge in [-0.2, -0.15) is 0 Å². The Bertz CT molecular complexity index is 804. The maximum Gasteiger partial charge on any atom is 0.305 e. The van der Waals surface area contributed by atoms with Gasteiger partial charge in [0.15, 0.2) is 5.79 Å². The molecule has 2 amide bonds. The first-order valence-electron chi connectivity index (χ1n) is 17.2. The van der Waals surface area contributed by atoms with Crippen LogP contribution in [0.3, 0.4) is 0 Å². The van der Waals surface area contributed by atoms with Gasteiger partial charge in [0.05, 0.1) is 13.0 Å². The van der Waals surface area contributed by atoms with E-state index in [2.05, 4.69) is 29.3 Å². The van der Waals surface area contributed by atoms with Crippen LogP contribution >= 0.6 is 0 Å². The van der Waals surface area contributed by atoms with Crippen molar-refractivity contribution in [2.75, 3.05) is 26.2 Å². The van der Waals surface area contributed by atoms with Crippen molar-refractivity contribution in [2.45, 2.75) is 162 Å². The average molecular weight is 609 g/mol. The van der Waals surface area contributed by atoms with Gasteiger partial charge in [-0.1, -0.05) is 84.3 Å². The summed E-state index contributed by atoms with van der Waals surface area (Å²) in [5.41, 5.74) is -0.442. The van der Waals surface area contributed by atoms with E-state index in [4.69, 9.17) is 14.6 Å². The fourth-order valence-corrected chi connectivity index (χ4v) is 5.35. The SMILES string of the molecule is CC1(C)OCC(C)(C)C(C(=O)NCCC(=O)O)O1.CCCCCCCCC=CCCCCCCCC(=O)N1CCCCC1. The van der Waals surface area contributed by atoms with Crippen molar-refractivity contribution < 1.29 is 29.0 Å². The molecule has 2 rings (SSSR count). The summed E-state index contributed by atoms with van der Waals surface area (Å²) in [5.74, 6) is -1.64. The van der Waals surface area contributed by atoms with Crippen LogP contribution in [0.4, 0.5) is 0 Å². The zero-order valence-corrected chi connectivity index (χ0v) is 28.2. The van der Waals surface area contributed by atoms with Crippen molar-refractivity contribution in [3.05, 3.63) is 12.2 Å². The molecule has 8 nitrogen and oxygen atoms in total. The molecule has 43 heavy (non-hydrogen) atoms. The third-order valence-electron chi connectivity index (χ3n) is 8.14. The van der Waals surface area contributed by atoms with Crippen LogP contribution in [0.25, 0.3) is 0 Å². The van der Waals surface area contributed by atoms with E-state index in [1.807, 2.05) is 13.8 Å². The topological polar surface area (TPSA) is 105 Å². The Morgan fingerprint density at radius 1 is 0.814 bits per heavy atom. The Morgan fingerprint density at radius 2 is 1.37 bits per heavy atom. The number of rotatable bonds is 19. The van der Waals surface area contributed by atoms with E-state index in [1.165, 1.54) is 96.3 Å². The molecular weight excluding hydrogens is 544 g/mol. The Labute approximate surface area is 262 Å². The highest BCUT2D eigenvalue weighted by atomic mass is 16.7. The first kappa shape index (κ1) is 39.1. The van der Waals surface area contributed by atoms with Crippen LogP contribution in [0.15, 0.2) is 12.2 Å². The van der Waals surface area contributed by atoms with Gasteiger partial charge in [0.2, 0.25) is 11.8 Å². The molecule has 2 aliphatic rings. The lowest BCUT2D eigenvalue weighted by molar-refractivity contribution is -0.304. The highest BCUT2D eigenvalue weighted by molar-refractivity contribution is 5.82. The minimum absolute atomic E-state index is 0.0984. The number of piperidine rings is 1. The Balaban J connectivity index is 0.000000453. The summed E-state index contributed by atoms with van der Waals surface area (Å²) in [6, 6.07) is 0. The monoisotopic (exact) mass is 608 g/mol. The number of hydrogen-bond donors (Lipinski definition) is 2. The Kier molecular flexibility index (Phi) is 20.5. The van der Waals surface area contributed by atoms with Crippen LogP contribution in [0.5, 0.6) is 0 Å². The van der Waals surface area contributed by atoms with Crippen LogP contribution < -0.4 is 5.32 Å². The largest absolute Gasteiger partial charge is 0.481 e. The first-order valence-corrected chi connectivity index (χ1v) is 17.2. The molecule has 0 aromatic heterocycles. The van der Waals surface area contributed by atoms with Gasteiger partial charge >= 0.3 is 5.97 Å². The van der Waals surface area contributed by atoms with Crippen LogP contribution in [0.2, 0.25) is 0 Å². The predicted molar refractivity (Wildman–Crippen MR) is 174 cm³/mol. The van der Waals surface area contributed by atoms with Gasteiger partial charge in [-0.05, 0) is 65.2 Å². The number of carboxylic acid groups (broad SMARTS) is 1. The van der Waals surface area contributed by atoms with Crippen molar-refractivity contribution in [2.24, 2.45) is 5.41 Å². The Hall–Kier alpha value is -1.93. The van der Waals surface area contributed by atoms with Crippen molar-refractivity contribution in [3.8, 4) is 0 Å². The minimum atomic E-state index is -0.942. The average Bonchev–Trinajstić information content (AvgIpc) is 2.97. The predicted octanol–water partition coefficient (Wildman–Crippen LogP) is 7.79. The quantitative estimate of drug-likeness (QED) is 0.115. The molecule has 2 aliphatic heterocycles. The molecule has 1 atom stereocenters.